The lowest BCUT2D eigenvalue weighted by Gasteiger charge is -2.11. The number of nitrogens with one attached hydrogen (secondary N) is 1. The predicted molar refractivity (Wildman–Crippen MR) is 60.7 cm³/mol. The van der Waals surface area contributed by atoms with E-state index in [0.29, 0.717) is 6.04 Å². The van der Waals surface area contributed by atoms with Crippen LogP contribution in [0, 0.1) is 19.8 Å². The van der Waals surface area contributed by atoms with Gasteiger partial charge in [0.15, 0.2) is 0 Å². The number of nitrogens with zero attached hydrogens (tertiary/aromatic N) is 1. The number of hydrogen-bond acceptors (Lipinski definition) is 3. The maximum absolute atomic E-state index is 4.45. The summed E-state index contributed by atoms with van der Waals surface area (Å²) in [5.41, 5.74) is 1.20. The average Bonchev–Trinajstić information content (AvgIpc) is 2.88. The van der Waals surface area contributed by atoms with Crippen molar-refractivity contribution < 1.29 is 0 Å². The molecule has 3 heteroatoms. The van der Waals surface area contributed by atoms with E-state index in [9.17, 15) is 0 Å². The summed E-state index contributed by atoms with van der Waals surface area (Å²) < 4.78 is 0. The van der Waals surface area contributed by atoms with Gasteiger partial charge in [-0.1, -0.05) is 0 Å². The zero-order valence-electron chi connectivity index (χ0n) is 9.13. The second-order valence-corrected chi connectivity index (χ2v) is 5.49. The van der Waals surface area contributed by atoms with Crippen molar-refractivity contribution in [1.29, 1.82) is 0 Å². The van der Waals surface area contributed by atoms with Crippen LogP contribution in [0.1, 0.15) is 41.4 Å². The van der Waals surface area contributed by atoms with Crippen LogP contribution in [0.25, 0.3) is 0 Å². The van der Waals surface area contributed by atoms with Crippen LogP contribution in [0.15, 0.2) is 0 Å². The van der Waals surface area contributed by atoms with Gasteiger partial charge in [-0.3, -0.25) is 0 Å². The van der Waals surface area contributed by atoms with Gasteiger partial charge in [0.2, 0.25) is 0 Å². The van der Waals surface area contributed by atoms with Crippen LogP contribution in [0.3, 0.4) is 0 Å². The molecule has 1 saturated carbocycles. The lowest BCUT2D eigenvalue weighted by Crippen LogP contribution is -2.20. The van der Waals surface area contributed by atoms with Gasteiger partial charge in [-0.2, -0.15) is 0 Å². The van der Waals surface area contributed by atoms with Gasteiger partial charge in [-0.05, 0) is 46.1 Å². The van der Waals surface area contributed by atoms with E-state index in [4.69, 9.17) is 0 Å². The molecule has 1 unspecified atom stereocenters. The summed E-state index contributed by atoms with van der Waals surface area (Å²) in [7, 11) is 0. The smallest absolute Gasteiger partial charge is 0.0900 e. The van der Waals surface area contributed by atoms with E-state index < -0.39 is 0 Å². The van der Waals surface area contributed by atoms with Crippen molar-refractivity contribution in [2.45, 2.75) is 39.7 Å². The molecule has 1 aliphatic carbocycles. The molecule has 1 N–H and O–H groups in total. The standard InChI is InChI=1S/C11H18N2S/c1-7(12-6-10-4-5-10)11-8(2)13-9(3)14-11/h7,10,12H,4-6H2,1-3H3. The molecule has 0 bridgehead atoms. The van der Waals surface area contributed by atoms with Crippen LogP contribution in [0.5, 0.6) is 0 Å². The van der Waals surface area contributed by atoms with Crippen molar-refractivity contribution >= 4 is 11.3 Å². The summed E-state index contributed by atoms with van der Waals surface area (Å²) >= 11 is 1.82. The number of aromatic nitrogens is 1. The zero-order chi connectivity index (χ0) is 10.1. The zero-order valence-corrected chi connectivity index (χ0v) is 9.95. The molecular weight excluding hydrogens is 192 g/mol. The molecule has 1 aromatic rings. The summed E-state index contributed by atoms with van der Waals surface area (Å²) in [6, 6.07) is 0.474. The molecule has 0 aromatic carbocycles. The van der Waals surface area contributed by atoms with Gasteiger partial charge in [-0.15, -0.1) is 11.3 Å². The minimum absolute atomic E-state index is 0.474. The first-order chi connectivity index (χ1) is 6.66. The van der Waals surface area contributed by atoms with Crippen molar-refractivity contribution in [2.24, 2.45) is 5.92 Å². The van der Waals surface area contributed by atoms with E-state index in [2.05, 4.69) is 31.1 Å². The molecular formula is C11H18N2S. The SMILES string of the molecule is Cc1nc(C)c(C(C)NCC2CC2)s1. The third-order valence-corrected chi connectivity index (χ3v) is 4.00. The van der Waals surface area contributed by atoms with Gasteiger partial charge >= 0.3 is 0 Å². The Bertz CT molecular complexity index is 315. The fourth-order valence-electron chi connectivity index (χ4n) is 1.71. The van der Waals surface area contributed by atoms with Gasteiger partial charge in [0, 0.05) is 10.9 Å². The third kappa shape index (κ3) is 2.34. The molecule has 2 nitrogen and oxygen atoms in total. The van der Waals surface area contributed by atoms with Crippen LogP contribution in [0.4, 0.5) is 0 Å². The van der Waals surface area contributed by atoms with Gasteiger partial charge in [0.25, 0.3) is 0 Å². The van der Waals surface area contributed by atoms with E-state index in [-0.39, 0.29) is 0 Å². The fourth-order valence-corrected chi connectivity index (χ4v) is 2.66. The molecule has 0 radical (unpaired) electrons. The second kappa shape index (κ2) is 3.99. The highest BCUT2D eigenvalue weighted by Crippen LogP contribution is 2.30. The molecule has 0 spiro atoms. The van der Waals surface area contributed by atoms with Crippen molar-refractivity contribution in [2.75, 3.05) is 6.54 Å². The maximum atomic E-state index is 4.45. The first kappa shape index (κ1) is 10.1. The summed E-state index contributed by atoms with van der Waals surface area (Å²) in [5, 5.41) is 4.76. The molecule has 1 fully saturated rings. The van der Waals surface area contributed by atoms with E-state index >= 15 is 0 Å². The number of aryl methyl sites for hydroxylation is 2. The predicted octanol–water partition coefficient (Wildman–Crippen LogP) is 2.82. The molecule has 14 heavy (non-hydrogen) atoms. The van der Waals surface area contributed by atoms with E-state index in [0.717, 1.165) is 5.92 Å². The minimum Gasteiger partial charge on any atom is -0.309 e. The van der Waals surface area contributed by atoms with Crippen molar-refractivity contribution in [3.05, 3.63) is 15.6 Å². The number of thiazole rings is 1. The topological polar surface area (TPSA) is 24.9 Å². The van der Waals surface area contributed by atoms with Crippen LogP contribution in [0.2, 0.25) is 0 Å². The van der Waals surface area contributed by atoms with Crippen molar-refractivity contribution in [1.82, 2.24) is 10.3 Å². The Morgan fingerprint density at radius 3 is 2.71 bits per heavy atom. The summed E-state index contributed by atoms with van der Waals surface area (Å²) in [5.74, 6) is 0.951. The van der Waals surface area contributed by atoms with Crippen LogP contribution in [-0.2, 0) is 0 Å². The molecule has 78 valence electrons. The summed E-state index contributed by atoms with van der Waals surface area (Å²) in [6.45, 7) is 7.60. The van der Waals surface area contributed by atoms with Crippen molar-refractivity contribution in [3.63, 3.8) is 0 Å². The molecule has 1 aliphatic rings. The Balaban J connectivity index is 1.94. The Morgan fingerprint density at radius 2 is 2.21 bits per heavy atom. The van der Waals surface area contributed by atoms with Gasteiger partial charge < -0.3 is 5.32 Å². The lowest BCUT2D eigenvalue weighted by molar-refractivity contribution is 0.553. The molecule has 1 aromatic heterocycles. The number of hydrogen-bond donors (Lipinski definition) is 1. The Kier molecular flexibility index (Phi) is 2.88. The number of rotatable bonds is 4. The second-order valence-electron chi connectivity index (χ2n) is 4.26. The lowest BCUT2D eigenvalue weighted by atomic mass is 10.2. The first-order valence-corrected chi connectivity index (χ1v) is 6.15. The molecule has 0 aliphatic heterocycles. The molecule has 1 heterocycles. The highest BCUT2D eigenvalue weighted by molar-refractivity contribution is 7.11. The fraction of sp³-hybridized carbons (Fsp3) is 0.727. The Morgan fingerprint density at radius 1 is 1.50 bits per heavy atom. The van der Waals surface area contributed by atoms with Gasteiger partial charge in [-0.25, -0.2) is 4.98 Å². The molecule has 0 amide bonds. The minimum atomic E-state index is 0.474. The largest absolute Gasteiger partial charge is 0.309 e. The van der Waals surface area contributed by atoms with Gasteiger partial charge in [0.05, 0.1) is 10.7 Å². The van der Waals surface area contributed by atoms with Gasteiger partial charge in [0.1, 0.15) is 0 Å². The summed E-state index contributed by atoms with van der Waals surface area (Å²) in [4.78, 5) is 5.86. The first-order valence-electron chi connectivity index (χ1n) is 5.34. The Labute approximate surface area is 89.8 Å². The normalized spacial score (nSPS) is 18.5. The van der Waals surface area contributed by atoms with E-state index in [1.807, 2.05) is 11.3 Å². The summed E-state index contributed by atoms with van der Waals surface area (Å²) in [6.07, 6.45) is 2.83. The highest BCUT2D eigenvalue weighted by Gasteiger charge is 2.22. The molecule has 0 saturated heterocycles. The van der Waals surface area contributed by atoms with Crippen LogP contribution < -0.4 is 5.32 Å². The van der Waals surface area contributed by atoms with Crippen LogP contribution >= 0.6 is 11.3 Å². The van der Waals surface area contributed by atoms with Crippen LogP contribution in [-0.4, -0.2) is 11.5 Å². The maximum Gasteiger partial charge on any atom is 0.0900 e. The third-order valence-electron chi connectivity index (χ3n) is 2.74. The Hall–Kier alpha value is -0.410. The monoisotopic (exact) mass is 210 g/mol. The molecule has 1 atom stereocenters. The van der Waals surface area contributed by atoms with E-state index in [1.54, 1.807) is 0 Å². The average molecular weight is 210 g/mol. The van der Waals surface area contributed by atoms with Crippen molar-refractivity contribution in [3.8, 4) is 0 Å². The quantitative estimate of drug-likeness (QED) is 0.826. The highest BCUT2D eigenvalue weighted by atomic mass is 32.1. The van der Waals surface area contributed by atoms with E-state index in [1.165, 1.54) is 35.0 Å². The molecule has 2 rings (SSSR count).